The average molecular weight is 320 g/mol. The Kier molecular flexibility index (Phi) is 3.72. The van der Waals surface area contributed by atoms with E-state index >= 15 is 0 Å². The molecule has 118 valence electrons. The van der Waals surface area contributed by atoms with Gasteiger partial charge in [0, 0.05) is 23.3 Å². The Labute approximate surface area is 137 Å². The topological polar surface area (TPSA) is 119 Å². The predicted octanol–water partition coefficient (Wildman–Crippen LogP) is 3.68. The summed E-state index contributed by atoms with van der Waals surface area (Å²) in [7, 11) is 0. The van der Waals surface area contributed by atoms with Gasteiger partial charge in [-0.2, -0.15) is 5.26 Å². The second kappa shape index (κ2) is 5.85. The fourth-order valence-corrected chi connectivity index (χ4v) is 2.36. The van der Waals surface area contributed by atoms with Crippen LogP contribution >= 0.6 is 0 Å². The van der Waals surface area contributed by atoms with Gasteiger partial charge in [0.25, 0.3) is 5.69 Å². The molecule has 0 spiro atoms. The number of anilines is 1. The van der Waals surface area contributed by atoms with E-state index in [2.05, 4.69) is 4.98 Å². The maximum absolute atomic E-state index is 10.7. The SMILES string of the molecule is Cc1ccc(-c2cc(-c3ccc([N+](=O)[O-])cc3)nc(N)c2C#N)o1. The lowest BCUT2D eigenvalue weighted by Crippen LogP contribution is -1.99. The van der Waals surface area contributed by atoms with Crippen molar-refractivity contribution in [3.8, 4) is 28.7 Å². The number of benzene rings is 1. The molecule has 7 heteroatoms. The molecule has 0 saturated carbocycles. The molecule has 7 nitrogen and oxygen atoms in total. The van der Waals surface area contributed by atoms with Crippen molar-refractivity contribution in [3.05, 3.63) is 63.9 Å². The van der Waals surface area contributed by atoms with Crippen molar-refractivity contribution >= 4 is 11.5 Å². The number of nitro groups is 1. The summed E-state index contributed by atoms with van der Waals surface area (Å²) in [5.41, 5.74) is 7.82. The van der Waals surface area contributed by atoms with Crippen LogP contribution in [0.3, 0.4) is 0 Å². The molecular formula is C17H12N4O3. The first kappa shape index (κ1) is 15.2. The van der Waals surface area contributed by atoms with E-state index < -0.39 is 4.92 Å². The molecule has 0 aliphatic heterocycles. The fraction of sp³-hybridized carbons (Fsp3) is 0.0588. The predicted molar refractivity (Wildman–Crippen MR) is 87.9 cm³/mol. The monoisotopic (exact) mass is 320 g/mol. The van der Waals surface area contributed by atoms with E-state index in [1.807, 2.05) is 6.07 Å². The van der Waals surface area contributed by atoms with E-state index in [9.17, 15) is 15.4 Å². The van der Waals surface area contributed by atoms with Crippen LogP contribution in [0.4, 0.5) is 11.5 Å². The smallest absolute Gasteiger partial charge is 0.269 e. The quantitative estimate of drug-likeness (QED) is 0.580. The van der Waals surface area contributed by atoms with Crippen LogP contribution in [0.15, 0.2) is 46.9 Å². The van der Waals surface area contributed by atoms with Crippen LogP contribution in [-0.2, 0) is 0 Å². The van der Waals surface area contributed by atoms with Crippen molar-refractivity contribution in [1.29, 1.82) is 5.26 Å². The van der Waals surface area contributed by atoms with E-state index in [1.165, 1.54) is 12.1 Å². The first-order chi connectivity index (χ1) is 11.5. The van der Waals surface area contributed by atoms with Gasteiger partial charge in [-0.15, -0.1) is 0 Å². The molecule has 2 heterocycles. The van der Waals surface area contributed by atoms with Gasteiger partial charge < -0.3 is 10.2 Å². The van der Waals surface area contributed by atoms with E-state index in [4.69, 9.17) is 10.2 Å². The van der Waals surface area contributed by atoms with Crippen molar-refractivity contribution in [2.45, 2.75) is 6.92 Å². The minimum absolute atomic E-state index is 0.0118. The third kappa shape index (κ3) is 2.68. The number of nitrogens with two attached hydrogens (primary N) is 1. The van der Waals surface area contributed by atoms with Gasteiger partial charge in [0.1, 0.15) is 29.0 Å². The number of non-ortho nitro benzene ring substituents is 1. The summed E-state index contributed by atoms with van der Waals surface area (Å²) in [5.74, 6) is 1.31. The summed E-state index contributed by atoms with van der Waals surface area (Å²) < 4.78 is 5.58. The van der Waals surface area contributed by atoms with Crippen molar-refractivity contribution in [2.24, 2.45) is 0 Å². The molecule has 0 unspecified atom stereocenters. The number of nitrogens with zero attached hydrogens (tertiary/aromatic N) is 3. The summed E-state index contributed by atoms with van der Waals surface area (Å²) >= 11 is 0. The van der Waals surface area contributed by atoms with Crippen LogP contribution in [0.2, 0.25) is 0 Å². The Morgan fingerprint density at radius 3 is 2.50 bits per heavy atom. The molecule has 0 fully saturated rings. The summed E-state index contributed by atoms with van der Waals surface area (Å²) in [5, 5.41) is 20.1. The third-order valence-electron chi connectivity index (χ3n) is 3.54. The number of nitro benzene ring substituents is 1. The van der Waals surface area contributed by atoms with Crippen LogP contribution in [0.5, 0.6) is 0 Å². The van der Waals surface area contributed by atoms with E-state index in [1.54, 1.807) is 37.3 Å². The molecule has 0 radical (unpaired) electrons. The Morgan fingerprint density at radius 1 is 1.25 bits per heavy atom. The second-order valence-corrected chi connectivity index (χ2v) is 5.14. The Bertz CT molecular complexity index is 968. The zero-order chi connectivity index (χ0) is 17.3. The van der Waals surface area contributed by atoms with Crippen LogP contribution in [-0.4, -0.2) is 9.91 Å². The number of aryl methyl sites for hydroxylation is 1. The summed E-state index contributed by atoms with van der Waals surface area (Å²) in [6.07, 6.45) is 0. The minimum Gasteiger partial charge on any atom is -0.461 e. The van der Waals surface area contributed by atoms with Gasteiger partial charge in [-0.3, -0.25) is 10.1 Å². The van der Waals surface area contributed by atoms with Crippen LogP contribution in [0, 0.1) is 28.4 Å². The lowest BCUT2D eigenvalue weighted by Gasteiger charge is -2.08. The van der Waals surface area contributed by atoms with Crippen molar-refractivity contribution < 1.29 is 9.34 Å². The maximum Gasteiger partial charge on any atom is 0.269 e. The Hall–Kier alpha value is -3.66. The lowest BCUT2D eigenvalue weighted by atomic mass is 10.0. The number of furan rings is 1. The lowest BCUT2D eigenvalue weighted by molar-refractivity contribution is -0.384. The van der Waals surface area contributed by atoms with Crippen LogP contribution in [0.25, 0.3) is 22.6 Å². The summed E-state index contributed by atoms with van der Waals surface area (Å²) in [6, 6.07) is 13.2. The molecule has 0 aliphatic rings. The molecule has 0 aliphatic carbocycles. The molecule has 1 aromatic carbocycles. The van der Waals surface area contributed by atoms with Crippen molar-refractivity contribution in [1.82, 2.24) is 4.98 Å². The van der Waals surface area contributed by atoms with Gasteiger partial charge in [-0.25, -0.2) is 4.98 Å². The molecular weight excluding hydrogens is 308 g/mol. The summed E-state index contributed by atoms with van der Waals surface area (Å²) in [4.78, 5) is 14.5. The highest BCUT2D eigenvalue weighted by atomic mass is 16.6. The molecule has 0 amide bonds. The van der Waals surface area contributed by atoms with Gasteiger partial charge in [-0.1, -0.05) is 0 Å². The maximum atomic E-state index is 10.7. The van der Waals surface area contributed by atoms with Crippen molar-refractivity contribution in [2.75, 3.05) is 5.73 Å². The number of pyridine rings is 1. The highest BCUT2D eigenvalue weighted by molar-refractivity contribution is 5.78. The van der Waals surface area contributed by atoms with Gasteiger partial charge in [0.15, 0.2) is 0 Å². The normalized spacial score (nSPS) is 10.3. The zero-order valence-electron chi connectivity index (χ0n) is 12.7. The number of aromatic nitrogens is 1. The first-order valence-electron chi connectivity index (χ1n) is 7.02. The van der Waals surface area contributed by atoms with E-state index in [0.717, 1.165) is 0 Å². The first-order valence-corrected chi connectivity index (χ1v) is 7.02. The molecule has 0 atom stereocenters. The van der Waals surface area contributed by atoms with Gasteiger partial charge in [0.05, 0.1) is 10.6 Å². The molecule has 3 aromatic rings. The third-order valence-corrected chi connectivity index (χ3v) is 3.54. The van der Waals surface area contributed by atoms with E-state index in [0.29, 0.717) is 28.3 Å². The van der Waals surface area contributed by atoms with Crippen LogP contribution in [0.1, 0.15) is 11.3 Å². The van der Waals surface area contributed by atoms with Crippen LogP contribution < -0.4 is 5.73 Å². The highest BCUT2D eigenvalue weighted by Crippen LogP contribution is 2.32. The fourth-order valence-electron chi connectivity index (χ4n) is 2.36. The summed E-state index contributed by atoms with van der Waals surface area (Å²) in [6.45, 7) is 1.80. The van der Waals surface area contributed by atoms with Gasteiger partial charge in [0.2, 0.25) is 0 Å². The highest BCUT2D eigenvalue weighted by Gasteiger charge is 2.16. The number of nitriles is 1. The zero-order valence-corrected chi connectivity index (χ0v) is 12.7. The molecule has 24 heavy (non-hydrogen) atoms. The second-order valence-electron chi connectivity index (χ2n) is 5.14. The Balaban J connectivity index is 2.15. The standard InChI is InChI=1S/C17H12N4O3/c1-10-2-7-16(24-10)13-8-15(20-17(19)14(13)9-18)11-3-5-12(6-4-11)21(22)23/h2-8H,1H3,(H2,19,20). The molecule has 2 N–H and O–H groups in total. The van der Waals surface area contributed by atoms with Gasteiger partial charge >= 0.3 is 0 Å². The Morgan fingerprint density at radius 2 is 1.96 bits per heavy atom. The molecule has 2 aromatic heterocycles. The number of hydrogen-bond donors (Lipinski definition) is 1. The molecule has 0 bridgehead atoms. The van der Waals surface area contributed by atoms with Gasteiger partial charge in [-0.05, 0) is 37.3 Å². The largest absolute Gasteiger partial charge is 0.461 e. The minimum atomic E-state index is -0.471. The number of rotatable bonds is 3. The van der Waals surface area contributed by atoms with Crippen molar-refractivity contribution in [3.63, 3.8) is 0 Å². The molecule has 0 saturated heterocycles. The number of hydrogen-bond acceptors (Lipinski definition) is 6. The number of nitrogen functional groups attached to an aromatic ring is 1. The average Bonchev–Trinajstić information content (AvgIpc) is 3.00. The van der Waals surface area contributed by atoms with E-state index in [-0.39, 0.29) is 17.1 Å². The molecule has 3 rings (SSSR count).